The second kappa shape index (κ2) is 37.1. The first-order chi connectivity index (χ1) is 45.0. The fourth-order valence-corrected chi connectivity index (χ4v) is 12.2. The molecule has 20 heteroatoms. The number of rotatable bonds is 32. The lowest BCUT2D eigenvalue weighted by atomic mass is 9.87. The van der Waals surface area contributed by atoms with Crippen LogP contribution in [0.3, 0.4) is 0 Å². The van der Waals surface area contributed by atoms with E-state index in [1.807, 2.05) is 146 Å². The van der Waals surface area contributed by atoms with Gasteiger partial charge in [0.2, 0.25) is 11.8 Å². The van der Waals surface area contributed by atoms with Gasteiger partial charge in [-0.25, -0.2) is 0 Å². The van der Waals surface area contributed by atoms with Crippen LogP contribution in [-0.2, 0) is 41.9 Å². The summed E-state index contributed by atoms with van der Waals surface area (Å²) in [5, 5.41) is 21.5. The van der Waals surface area contributed by atoms with E-state index in [-0.39, 0.29) is 110 Å². The van der Waals surface area contributed by atoms with Crippen molar-refractivity contribution >= 4 is 35.6 Å². The summed E-state index contributed by atoms with van der Waals surface area (Å²) in [6.45, 7) is 15.7. The molecule has 0 radical (unpaired) electrons. The maximum atomic E-state index is 13.8. The number of carbonyl (C=O) groups is 6. The van der Waals surface area contributed by atoms with Gasteiger partial charge in [0.1, 0.15) is 36.2 Å². The van der Waals surface area contributed by atoms with Crippen LogP contribution in [-0.4, -0.2) is 108 Å². The Morgan fingerprint density at radius 1 is 0.527 bits per heavy atom. The first-order valence-corrected chi connectivity index (χ1v) is 33.3. The van der Waals surface area contributed by atoms with Crippen LogP contribution < -0.4 is 40.2 Å². The number of hydrogen-bond acceptors (Lipinski definition) is 14. The molecule has 0 bridgehead atoms. The second-order valence-electron chi connectivity index (χ2n) is 25.0. The number of aromatic nitrogens is 4. The highest BCUT2D eigenvalue weighted by Crippen LogP contribution is 2.44. The zero-order chi connectivity index (χ0) is 66.7. The van der Waals surface area contributed by atoms with E-state index in [0.717, 1.165) is 78.6 Å². The fourth-order valence-electron chi connectivity index (χ4n) is 12.2. The van der Waals surface area contributed by atoms with Crippen LogP contribution in [0.2, 0.25) is 0 Å². The monoisotopic (exact) mass is 1280 g/mol. The van der Waals surface area contributed by atoms with Gasteiger partial charge in [0.25, 0.3) is 11.8 Å². The molecular weight excluding hydrogens is 1180 g/mol. The first kappa shape index (κ1) is 71.8. The summed E-state index contributed by atoms with van der Waals surface area (Å²) < 4.78 is 38.2. The van der Waals surface area contributed by atoms with E-state index in [9.17, 15) is 28.8 Å². The Hall–Kier alpha value is -8.68. The largest absolute Gasteiger partial charge is 0.496 e. The molecule has 2 heterocycles. The number of methoxy groups -OCH3 is 2. The normalized spacial score (nSPS) is 15.4. The maximum Gasteiger partial charge on any atom is 0.307 e. The van der Waals surface area contributed by atoms with Gasteiger partial charge in [-0.3, -0.25) is 38.1 Å². The number of hydrogen-bond donors (Lipinski definition) is 4. The van der Waals surface area contributed by atoms with Crippen molar-refractivity contribution in [3.8, 4) is 45.5 Å². The van der Waals surface area contributed by atoms with Gasteiger partial charge >= 0.3 is 11.9 Å². The molecule has 4 atom stereocenters. The van der Waals surface area contributed by atoms with Crippen LogP contribution >= 0.6 is 0 Å². The minimum atomic E-state index is -0.413. The van der Waals surface area contributed by atoms with Crippen molar-refractivity contribution in [1.82, 2.24) is 40.8 Å². The van der Waals surface area contributed by atoms with E-state index < -0.39 is 12.1 Å². The molecule has 93 heavy (non-hydrogen) atoms. The SMILES string of the molecule is CCOC(=O)CCNC(=O)C[C@H](CC(C)C)NC(=O)c1cc(-c2c(OC)cccc2OCc2ccccc2)n(C2CCCC(C)C2)n1.CCOC(=O)CCNC(=O)C[C@H](CC(C)C)NC(=O)c1cc(-c2c(OC)cccc2OCc2ccccc2)n(C2CCCCC2)n1. The predicted octanol–water partition coefficient (Wildman–Crippen LogP) is 12.7. The molecule has 0 saturated heterocycles. The zero-order valence-electron chi connectivity index (χ0n) is 56.0. The van der Waals surface area contributed by atoms with E-state index in [1.165, 1.54) is 12.8 Å². The van der Waals surface area contributed by atoms with Gasteiger partial charge in [0.15, 0.2) is 11.4 Å². The van der Waals surface area contributed by atoms with Crippen LogP contribution in [0.15, 0.2) is 109 Å². The number of nitrogens with zero attached hydrogens (tertiary/aromatic N) is 4. The van der Waals surface area contributed by atoms with E-state index in [1.54, 1.807) is 28.1 Å². The lowest BCUT2D eigenvalue weighted by Crippen LogP contribution is -2.40. The Morgan fingerprint density at radius 3 is 1.35 bits per heavy atom. The predicted molar refractivity (Wildman–Crippen MR) is 358 cm³/mol. The Balaban J connectivity index is 0.000000264. The van der Waals surface area contributed by atoms with Gasteiger partial charge in [0.05, 0.1) is 74.9 Å². The van der Waals surface area contributed by atoms with Crippen molar-refractivity contribution in [2.24, 2.45) is 17.8 Å². The molecule has 6 aromatic rings. The van der Waals surface area contributed by atoms with Gasteiger partial charge in [-0.2, -0.15) is 10.2 Å². The van der Waals surface area contributed by atoms with Crippen LogP contribution in [0, 0.1) is 17.8 Å². The molecule has 502 valence electrons. The molecular formula is C73H98N8O12. The molecule has 0 aliphatic heterocycles. The summed E-state index contributed by atoms with van der Waals surface area (Å²) in [7, 11) is 3.26. The molecule has 2 saturated carbocycles. The van der Waals surface area contributed by atoms with Gasteiger partial charge in [-0.15, -0.1) is 0 Å². The van der Waals surface area contributed by atoms with Crippen molar-refractivity contribution in [1.29, 1.82) is 0 Å². The quantitative estimate of drug-likeness (QED) is 0.0287. The molecule has 4 N–H and O–H groups in total. The highest BCUT2D eigenvalue weighted by atomic mass is 16.5. The lowest BCUT2D eigenvalue weighted by Gasteiger charge is -2.29. The summed E-state index contributed by atoms with van der Waals surface area (Å²) in [6.07, 6.45) is 11.0. The Labute approximate surface area is 548 Å². The molecule has 20 nitrogen and oxygen atoms in total. The van der Waals surface area contributed by atoms with Gasteiger partial charge < -0.3 is 49.7 Å². The highest BCUT2D eigenvalue weighted by Gasteiger charge is 2.32. The third-order valence-electron chi connectivity index (χ3n) is 16.5. The highest BCUT2D eigenvalue weighted by molar-refractivity contribution is 5.95. The summed E-state index contributed by atoms with van der Waals surface area (Å²) in [5.41, 5.74) is 5.64. The van der Waals surface area contributed by atoms with E-state index in [2.05, 4.69) is 28.2 Å². The molecule has 2 aliphatic rings. The van der Waals surface area contributed by atoms with Gasteiger partial charge in [0, 0.05) is 38.0 Å². The molecule has 2 aliphatic carbocycles. The van der Waals surface area contributed by atoms with E-state index in [0.29, 0.717) is 68.2 Å². The molecule has 2 unspecified atom stereocenters. The molecule has 4 aromatic carbocycles. The minimum Gasteiger partial charge on any atom is -0.496 e. The second-order valence-corrected chi connectivity index (χ2v) is 25.0. The van der Waals surface area contributed by atoms with E-state index in [4.69, 9.17) is 38.6 Å². The summed E-state index contributed by atoms with van der Waals surface area (Å²) >= 11 is 0. The molecule has 2 fully saturated rings. The van der Waals surface area contributed by atoms with Crippen LogP contribution in [0.4, 0.5) is 0 Å². The topological polar surface area (TPSA) is 242 Å². The van der Waals surface area contributed by atoms with E-state index >= 15 is 0 Å². The summed E-state index contributed by atoms with van der Waals surface area (Å²) in [6, 6.07) is 34.4. The fraction of sp³-hybridized carbons (Fsp3) is 0.507. The van der Waals surface area contributed by atoms with Crippen molar-refractivity contribution in [2.75, 3.05) is 40.5 Å². The Kier molecular flexibility index (Phi) is 28.6. The van der Waals surface area contributed by atoms with Crippen molar-refractivity contribution in [2.45, 2.75) is 182 Å². The standard InChI is InChI=1S/C37H50N4O6.C36H48N4O6/c1-6-46-35(43)18-19-38-34(42)22-28(20-25(2)3)39-37(44)30-23-31(41(40-30)29-15-10-12-26(4)21-29)36-32(45-5)16-11-17-33(36)47-24-27-13-8-7-9-14-27;1-5-45-34(42)19-20-37-33(41)22-27(21-25(2)3)38-36(43)29-23-30(40(39-29)28-15-10-7-11-16-28)35-31(44-4)17-12-18-32(35)46-24-26-13-8-6-9-14-26/h7-9,11,13-14,16-17,23,25-26,28-29H,6,10,12,15,18-22,24H2,1-5H3,(H,38,42)(H,39,44);6,8-9,12-14,17-18,23,25,27-28H,5,7,10-11,15-16,19-22,24H2,1-4H3,(H,37,41)(H,38,43)/t26?,28-,29?;27-/m00/s1. The molecule has 8 rings (SSSR count). The molecule has 2 aromatic heterocycles. The Morgan fingerprint density at radius 2 is 0.946 bits per heavy atom. The zero-order valence-corrected chi connectivity index (χ0v) is 56.0. The number of ether oxygens (including phenoxy) is 6. The Bertz CT molecular complexity index is 3340. The minimum absolute atomic E-state index is 0.0877. The van der Waals surface area contributed by atoms with Gasteiger partial charge in [-0.05, 0) is 118 Å². The van der Waals surface area contributed by atoms with Crippen LogP contribution in [0.25, 0.3) is 22.5 Å². The number of esters is 2. The van der Waals surface area contributed by atoms with Crippen molar-refractivity contribution < 1.29 is 57.2 Å². The average Bonchev–Trinajstić information content (AvgIpc) is 1.69. The summed E-state index contributed by atoms with van der Waals surface area (Å²) in [5.74, 6) is 1.67. The molecule has 0 spiro atoms. The summed E-state index contributed by atoms with van der Waals surface area (Å²) in [4.78, 5) is 76.5. The smallest absolute Gasteiger partial charge is 0.307 e. The first-order valence-electron chi connectivity index (χ1n) is 33.3. The average molecular weight is 1280 g/mol. The third kappa shape index (κ3) is 22.3. The number of carbonyl (C=O) groups excluding carboxylic acids is 6. The number of nitrogens with one attached hydrogen (secondary N) is 4. The van der Waals surface area contributed by atoms with Gasteiger partial charge in [-0.1, -0.05) is 140 Å². The lowest BCUT2D eigenvalue weighted by molar-refractivity contribution is -0.144. The maximum absolute atomic E-state index is 13.8. The van der Waals surface area contributed by atoms with Crippen LogP contribution in [0.5, 0.6) is 23.0 Å². The van der Waals surface area contributed by atoms with Crippen LogP contribution in [0.1, 0.15) is 189 Å². The number of amides is 4. The number of benzene rings is 4. The third-order valence-corrected chi connectivity index (χ3v) is 16.5. The van der Waals surface area contributed by atoms with Crippen molar-refractivity contribution in [3.05, 3.63) is 132 Å². The van der Waals surface area contributed by atoms with Crippen molar-refractivity contribution in [3.63, 3.8) is 0 Å². The molecule has 4 amide bonds.